The lowest BCUT2D eigenvalue weighted by Gasteiger charge is -2.13. The van der Waals surface area contributed by atoms with Gasteiger partial charge in [-0.3, -0.25) is 0 Å². The Morgan fingerprint density at radius 3 is 2.37 bits per heavy atom. The predicted octanol–water partition coefficient (Wildman–Crippen LogP) is 4.66. The van der Waals surface area contributed by atoms with Gasteiger partial charge < -0.3 is 14.6 Å². The first-order valence-corrected chi connectivity index (χ1v) is 12.1. The Morgan fingerprint density at radius 2 is 1.63 bits per heavy atom. The number of benzene rings is 2. The summed E-state index contributed by atoms with van der Waals surface area (Å²) >= 11 is 0. The smallest absolute Gasteiger partial charge is 0.356 e. The van der Waals surface area contributed by atoms with Gasteiger partial charge in [-0.05, 0) is 35.9 Å². The maximum atomic E-state index is 12.2. The summed E-state index contributed by atoms with van der Waals surface area (Å²) < 4.78 is 11.9. The minimum absolute atomic E-state index is 0.106. The summed E-state index contributed by atoms with van der Waals surface area (Å²) in [5, 5.41) is 16.2. The van der Waals surface area contributed by atoms with Crippen LogP contribution in [-0.2, 0) is 15.9 Å². The van der Waals surface area contributed by atoms with Gasteiger partial charge in [-0.2, -0.15) is 5.10 Å². The molecule has 3 aromatic heterocycles. The lowest BCUT2D eigenvalue weighted by atomic mass is 9.99. The molecule has 1 N–H and O–H groups in total. The summed E-state index contributed by atoms with van der Waals surface area (Å²) in [6.45, 7) is 0.214. The molecule has 0 radical (unpaired) electrons. The van der Waals surface area contributed by atoms with Gasteiger partial charge in [0.1, 0.15) is 11.8 Å². The molecule has 0 bridgehead atoms. The molecule has 38 heavy (non-hydrogen) atoms. The second-order valence-corrected chi connectivity index (χ2v) is 8.59. The number of methoxy groups -OCH3 is 1. The van der Waals surface area contributed by atoms with E-state index in [4.69, 9.17) is 14.6 Å². The van der Waals surface area contributed by atoms with E-state index >= 15 is 0 Å². The van der Waals surface area contributed by atoms with Crippen LogP contribution in [-0.4, -0.2) is 45.4 Å². The molecule has 0 saturated carbocycles. The number of carbonyl (C=O) groups is 2. The number of aliphatic hydroxyl groups is 1. The van der Waals surface area contributed by atoms with Crippen molar-refractivity contribution in [1.82, 2.24) is 14.6 Å². The molecule has 1 unspecified atom stereocenters. The van der Waals surface area contributed by atoms with Crippen molar-refractivity contribution in [2.75, 3.05) is 13.7 Å². The summed E-state index contributed by atoms with van der Waals surface area (Å²) in [4.78, 5) is 28.6. The van der Waals surface area contributed by atoms with Crippen LogP contribution in [0, 0.1) is 0 Å². The van der Waals surface area contributed by atoms with Crippen LogP contribution in [0.5, 0.6) is 0 Å². The largest absolute Gasteiger partial charge is 0.464 e. The first-order chi connectivity index (χ1) is 18.5. The molecular formula is C30H25N3O5. The van der Waals surface area contributed by atoms with E-state index in [2.05, 4.69) is 4.98 Å². The average molecular weight is 508 g/mol. The van der Waals surface area contributed by atoms with E-state index in [1.165, 1.54) is 13.2 Å². The molecule has 8 nitrogen and oxygen atoms in total. The lowest BCUT2D eigenvalue weighted by molar-refractivity contribution is 0.0508. The fourth-order valence-electron chi connectivity index (χ4n) is 4.23. The maximum absolute atomic E-state index is 12.2. The third-order valence-corrected chi connectivity index (χ3v) is 6.13. The number of aromatic nitrogens is 3. The fourth-order valence-corrected chi connectivity index (χ4v) is 4.23. The number of aliphatic hydroxyl groups excluding tert-OH is 1. The van der Waals surface area contributed by atoms with Crippen molar-refractivity contribution in [2.24, 2.45) is 0 Å². The summed E-state index contributed by atoms with van der Waals surface area (Å²) in [7, 11) is 1.28. The van der Waals surface area contributed by atoms with E-state index in [1.54, 1.807) is 40.9 Å². The number of hydrogen-bond acceptors (Lipinski definition) is 7. The molecule has 0 aliphatic heterocycles. The minimum atomic E-state index is -1.15. The summed E-state index contributed by atoms with van der Waals surface area (Å²) in [5.74, 6) is -0.955. The third-order valence-electron chi connectivity index (χ3n) is 6.13. The highest BCUT2D eigenvalue weighted by molar-refractivity contribution is 5.89. The van der Waals surface area contributed by atoms with E-state index in [1.807, 2.05) is 54.7 Å². The highest BCUT2D eigenvalue weighted by Gasteiger charge is 2.24. The minimum Gasteiger partial charge on any atom is -0.464 e. The number of esters is 2. The Hall–Kier alpha value is -4.82. The molecule has 2 aromatic carbocycles. The molecule has 0 fully saturated rings. The van der Waals surface area contributed by atoms with Crippen molar-refractivity contribution in [1.29, 1.82) is 0 Å². The topological polar surface area (TPSA) is 103 Å². The molecule has 8 heteroatoms. The van der Waals surface area contributed by atoms with E-state index in [9.17, 15) is 14.7 Å². The van der Waals surface area contributed by atoms with Crippen molar-refractivity contribution in [3.63, 3.8) is 0 Å². The van der Waals surface area contributed by atoms with Crippen molar-refractivity contribution in [2.45, 2.75) is 12.5 Å². The second-order valence-electron chi connectivity index (χ2n) is 8.59. The van der Waals surface area contributed by atoms with Crippen LogP contribution in [0.1, 0.15) is 43.8 Å². The van der Waals surface area contributed by atoms with Gasteiger partial charge in [0, 0.05) is 23.7 Å². The molecular weight excluding hydrogens is 482 g/mol. The van der Waals surface area contributed by atoms with Crippen molar-refractivity contribution >= 4 is 17.5 Å². The van der Waals surface area contributed by atoms with Crippen LogP contribution in [0.4, 0.5) is 0 Å². The summed E-state index contributed by atoms with van der Waals surface area (Å²) in [5.41, 5.74) is 4.49. The second kappa shape index (κ2) is 11.1. The number of ether oxygens (including phenoxy) is 2. The first-order valence-electron chi connectivity index (χ1n) is 12.1. The van der Waals surface area contributed by atoms with Gasteiger partial charge in [0.2, 0.25) is 0 Å². The van der Waals surface area contributed by atoms with Crippen LogP contribution >= 0.6 is 0 Å². The van der Waals surface area contributed by atoms with E-state index in [0.717, 1.165) is 11.1 Å². The van der Waals surface area contributed by atoms with Crippen molar-refractivity contribution in [3.8, 4) is 11.3 Å². The standard InChI is InChI=1S/C30H25N3O5/c1-37-30(36)24-14-8-13-23(31-24)28(34)26-25-16-15-20(17-18-38-29(35)22-11-6-3-7-12-22)19-33(25)32-27(26)21-9-4-2-5-10-21/h2-16,19,28,34H,17-18H2,1H3. The molecule has 1 atom stereocenters. The summed E-state index contributed by atoms with van der Waals surface area (Å²) in [6.07, 6.45) is 1.20. The molecule has 5 aromatic rings. The molecule has 0 aliphatic carbocycles. The molecule has 5 rings (SSSR count). The third kappa shape index (κ3) is 5.16. The first kappa shape index (κ1) is 24.9. The van der Waals surface area contributed by atoms with E-state index in [-0.39, 0.29) is 18.3 Å². The molecule has 0 aliphatic rings. The van der Waals surface area contributed by atoms with E-state index in [0.29, 0.717) is 34.5 Å². The Balaban J connectivity index is 1.46. The van der Waals surface area contributed by atoms with Gasteiger partial charge in [0.25, 0.3) is 0 Å². The van der Waals surface area contributed by atoms with Gasteiger partial charge in [-0.15, -0.1) is 0 Å². The quantitative estimate of drug-likeness (QED) is 0.305. The van der Waals surface area contributed by atoms with Crippen LogP contribution in [0.3, 0.4) is 0 Å². The molecule has 190 valence electrons. The number of carbonyl (C=O) groups excluding carboxylic acids is 2. The Labute approximate surface area is 219 Å². The molecule has 0 saturated heterocycles. The highest BCUT2D eigenvalue weighted by Crippen LogP contribution is 2.34. The molecule has 3 heterocycles. The van der Waals surface area contributed by atoms with Crippen molar-refractivity contribution < 1.29 is 24.2 Å². The number of hydrogen-bond donors (Lipinski definition) is 1. The van der Waals surface area contributed by atoms with E-state index < -0.39 is 12.1 Å². The summed E-state index contributed by atoms with van der Waals surface area (Å²) in [6, 6.07) is 27.0. The Morgan fingerprint density at radius 1 is 0.895 bits per heavy atom. The van der Waals surface area contributed by atoms with Gasteiger partial charge in [-0.25, -0.2) is 19.1 Å². The fraction of sp³-hybridized carbons (Fsp3) is 0.133. The van der Waals surface area contributed by atoms with Crippen LogP contribution in [0.25, 0.3) is 16.8 Å². The zero-order valence-corrected chi connectivity index (χ0v) is 20.7. The zero-order valence-electron chi connectivity index (χ0n) is 20.7. The van der Waals surface area contributed by atoms with Crippen LogP contribution in [0.15, 0.2) is 97.2 Å². The van der Waals surface area contributed by atoms with Crippen LogP contribution in [0.2, 0.25) is 0 Å². The van der Waals surface area contributed by atoms with Crippen molar-refractivity contribution in [3.05, 3.63) is 125 Å². The molecule has 0 spiro atoms. The Kier molecular flexibility index (Phi) is 7.24. The monoisotopic (exact) mass is 507 g/mol. The predicted molar refractivity (Wildman–Crippen MR) is 141 cm³/mol. The number of pyridine rings is 2. The van der Waals surface area contributed by atoms with Gasteiger partial charge in [0.15, 0.2) is 0 Å². The highest BCUT2D eigenvalue weighted by atomic mass is 16.5. The maximum Gasteiger partial charge on any atom is 0.356 e. The number of rotatable bonds is 8. The average Bonchev–Trinajstić information content (AvgIpc) is 3.36. The SMILES string of the molecule is COC(=O)c1cccc(C(O)c2c(-c3ccccc3)nn3cc(CCOC(=O)c4ccccc4)ccc23)n1. The zero-order chi connectivity index (χ0) is 26.5. The van der Waals surface area contributed by atoms with Gasteiger partial charge in [0.05, 0.1) is 36.2 Å². The Bertz CT molecular complexity index is 1580. The lowest BCUT2D eigenvalue weighted by Crippen LogP contribution is -2.09. The normalized spacial score (nSPS) is 11.7. The molecule has 0 amide bonds. The van der Waals surface area contributed by atoms with Gasteiger partial charge >= 0.3 is 11.9 Å². The van der Waals surface area contributed by atoms with Gasteiger partial charge in [-0.1, -0.05) is 60.7 Å². The number of nitrogens with zero attached hydrogens (tertiary/aromatic N) is 3. The van der Waals surface area contributed by atoms with Crippen LogP contribution < -0.4 is 0 Å². The number of fused-ring (bicyclic) bond motifs is 1.